The largest absolute Gasteiger partial charge is 0.468 e. The van der Waals surface area contributed by atoms with Gasteiger partial charge in [0.15, 0.2) is 0 Å². The van der Waals surface area contributed by atoms with E-state index in [0.717, 1.165) is 11.6 Å². The molecule has 6 heteroatoms. The topological polar surface area (TPSA) is 29.5 Å². The van der Waals surface area contributed by atoms with Crippen molar-refractivity contribution < 1.29 is 9.53 Å². The van der Waals surface area contributed by atoms with Gasteiger partial charge in [0.25, 0.3) is 6.47 Å². The molecule has 1 atom stereocenters. The fourth-order valence-electron chi connectivity index (χ4n) is 1.89. The Kier molecular flexibility index (Phi) is 8.60. The number of rotatable bonds is 4. The summed E-state index contributed by atoms with van der Waals surface area (Å²) < 4.78 is 6.51. The van der Waals surface area contributed by atoms with E-state index in [9.17, 15) is 4.79 Å². The van der Waals surface area contributed by atoms with Crippen molar-refractivity contribution >= 4 is 48.4 Å². The van der Waals surface area contributed by atoms with Gasteiger partial charge in [-0.2, -0.15) is 0 Å². The molecule has 0 saturated heterocycles. The maximum atomic E-state index is 9.18. The number of halogens is 2. The Balaban J connectivity index is 0.000000347. The first-order valence-electron chi connectivity index (χ1n) is 6.16. The molecule has 1 aliphatic heterocycles. The smallest absolute Gasteiger partial charge is 0.293 e. The lowest BCUT2D eigenvalue weighted by Gasteiger charge is -2.23. The van der Waals surface area contributed by atoms with Crippen LogP contribution in [0, 0.1) is 0 Å². The number of ether oxygens (including phenoxy) is 1. The van der Waals surface area contributed by atoms with Crippen molar-refractivity contribution in [2.75, 3.05) is 13.2 Å². The molecule has 110 valence electrons. The van der Waals surface area contributed by atoms with Crippen molar-refractivity contribution in [2.45, 2.75) is 19.9 Å². The summed E-state index contributed by atoms with van der Waals surface area (Å²) in [4.78, 5) is 9.18. The fraction of sp³-hybridized carbons (Fsp3) is 0.357. The summed E-state index contributed by atoms with van der Waals surface area (Å²) in [5.74, 6) is 0. The van der Waals surface area contributed by atoms with Crippen LogP contribution in [-0.2, 0) is 9.53 Å². The molecule has 1 unspecified atom stereocenters. The molecule has 0 fully saturated rings. The Morgan fingerprint density at radius 2 is 2.15 bits per heavy atom. The minimum absolute atomic E-state index is 0.407. The number of hydrogen-bond donors (Lipinski definition) is 0. The number of hydrogen-bond acceptors (Lipinski definition) is 4. The molecule has 0 aliphatic carbocycles. The van der Waals surface area contributed by atoms with Gasteiger partial charge >= 0.3 is 0 Å². The summed E-state index contributed by atoms with van der Waals surface area (Å²) in [6, 6.07) is 8.53. The molecule has 1 aliphatic rings. The SMILES string of the molecule is CC1=CCN(SI)C1c1ccc(Cl)cc1.CCOC=O. The highest BCUT2D eigenvalue weighted by molar-refractivity contribution is 14.2. The average Bonchev–Trinajstić information content (AvgIpc) is 2.82. The van der Waals surface area contributed by atoms with E-state index in [0.29, 0.717) is 19.1 Å². The summed E-state index contributed by atoms with van der Waals surface area (Å²) in [7, 11) is 1.76. The second kappa shape index (κ2) is 9.65. The predicted molar refractivity (Wildman–Crippen MR) is 94.0 cm³/mol. The minimum Gasteiger partial charge on any atom is -0.468 e. The van der Waals surface area contributed by atoms with E-state index in [1.54, 1.807) is 16.0 Å². The van der Waals surface area contributed by atoms with Crippen molar-refractivity contribution in [1.29, 1.82) is 0 Å². The van der Waals surface area contributed by atoms with Crippen LogP contribution in [0.5, 0.6) is 0 Å². The van der Waals surface area contributed by atoms with Gasteiger partial charge in [-0.15, -0.1) is 0 Å². The molecule has 0 radical (unpaired) electrons. The minimum atomic E-state index is 0.407. The molecule has 1 aromatic rings. The first kappa shape index (κ1) is 17.8. The molecule has 0 amide bonds. The van der Waals surface area contributed by atoms with Gasteiger partial charge < -0.3 is 4.74 Å². The van der Waals surface area contributed by atoms with Gasteiger partial charge in [-0.3, -0.25) is 4.79 Å². The molecule has 0 aromatic heterocycles. The van der Waals surface area contributed by atoms with Crippen molar-refractivity contribution in [3.63, 3.8) is 0 Å². The van der Waals surface area contributed by atoms with Gasteiger partial charge in [0.1, 0.15) is 0 Å². The Labute approximate surface area is 141 Å². The third kappa shape index (κ3) is 5.27. The molecule has 1 heterocycles. The van der Waals surface area contributed by atoms with Crippen LogP contribution in [0.4, 0.5) is 0 Å². The highest BCUT2D eigenvalue weighted by atomic mass is 127. The second-order valence-corrected chi connectivity index (χ2v) is 6.35. The third-order valence-electron chi connectivity index (χ3n) is 2.82. The lowest BCUT2D eigenvalue weighted by molar-refractivity contribution is -0.128. The van der Waals surface area contributed by atoms with E-state index >= 15 is 0 Å². The van der Waals surface area contributed by atoms with Crippen LogP contribution in [0.25, 0.3) is 0 Å². The number of nitrogens with zero attached hydrogens (tertiary/aromatic N) is 1. The van der Waals surface area contributed by atoms with Crippen molar-refractivity contribution in [2.24, 2.45) is 0 Å². The summed E-state index contributed by atoms with van der Waals surface area (Å²) in [5, 5.41) is 0.798. The second-order valence-electron chi connectivity index (χ2n) is 4.12. The Morgan fingerprint density at radius 3 is 2.60 bits per heavy atom. The molecule has 0 bridgehead atoms. The number of benzene rings is 1. The maximum absolute atomic E-state index is 9.18. The molecule has 0 saturated carbocycles. The molecular weight excluding hydrogens is 409 g/mol. The van der Waals surface area contributed by atoms with E-state index in [1.807, 2.05) is 12.1 Å². The van der Waals surface area contributed by atoms with E-state index in [-0.39, 0.29) is 0 Å². The van der Waals surface area contributed by atoms with Gasteiger partial charge in [-0.1, -0.05) is 35.4 Å². The Hall–Kier alpha value is -0.240. The highest BCUT2D eigenvalue weighted by Crippen LogP contribution is 2.39. The quantitative estimate of drug-likeness (QED) is 0.299. The Bertz CT molecular complexity index is 453. The Morgan fingerprint density at radius 1 is 1.50 bits per heavy atom. The molecular formula is C14H17ClINO2S. The predicted octanol–water partition coefficient (Wildman–Crippen LogP) is 4.82. The molecule has 0 spiro atoms. The monoisotopic (exact) mass is 425 g/mol. The summed E-state index contributed by atoms with van der Waals surface area (Å²) in [5.41, 5.74) is 2.73. The number of carbonyl (C=O) groups excluding carboxylic acids is 1. The first-order valence-corrected chi connectivity index (χ1v) is 9.86. The molecule has 2 rings (SSSR count). The summed E-state index contributed by atoms with van der Waals surface area (Å²) >= 11 is 8.22. The fourth-order valence-corrected chi connectivity index (χ4v) is 3.68. The van der Waals surface area contributed by atoms with Gasteiger partial charge in [0.05, 0.1) is 12.6 Å². The molecule has 3 nitrogen and oxygen atoms in total. The van der Waals surface area contributed by atoms with Crippen LogP contribution in [0.15, 0.2) is 35.9 Å². The van der Waals surface area contributed by atoms with Crippen LogP contribution in [0.2, 0.25) is 5.02 Å². The van der Waals surface area contributed by atoms with Crippen LogP contribution in [0.3, 0.4) is 0 Å². The lowest BCUT2D eigenvalue weighted by Crippen LogP contribution is -2.15. The van der Waals surface area contributed by atoms with Crippen molar-refractivity contribution in [3.05, 3.63) is 46.5 Å². The van der Waals surface area contributed by atoms with E-state index in [4.69, 9.17) is 11.6 Å². The molecule has 0 N–H and O–H groups in total. The van der Waals surface area contributed by atoms with Gasteiger partial charge in [0.2, 0.25) is 0 Å². The standard InChI is InChI=1S/C11H11ClINS.C3H6O2/c1-8-6-7-14(15-13)11(8)9-2-4-10(12)5-3-9;1-2-5-3-4/h2-6,11H,7H2,1H3;3H,2H2,1H3. The number of carbonyl (C=O) groups is 1. The zero-order valence-electron chi connectivity index (χ0n) is 11.4. The zero-order valence-corrected chi connectivity index (χ0v) is 15.1. The first-order chi connectivity index (χ1) is 9.63. The van der Waals surface area contributed by atoms with Crippen molar-refractivity contribution in [3.8, 4) is 0 Å². The van der Waals surface area contributed by atoms with Gasteiger partial charge in [-0.25, -0.2) is 4.31 Å². The highest BCUT2D eigenvalue weighted by Gasteiger charge is 2.25. The summed E-state index contributed by atoms with van der Waals surface area (Å²) in [6.07, 6.45) is 2.28. The average molecular weight is 426 g/mol. The van der Waals surface area contributed by atoms with E-state index < -0.39 is 0 Å². The van der Waals surface area contributed by atoms with E-state index in [1.165, 1.54) is 11.1 Å². The van der Waals surface area contributed by atoms with Crippen LogP contribution >= 0.6 is 41.9 Å². The van der Waals surface area contributed by atoms with Crippen molar-refractivity contribution in [1.82, 2.24) is 4.31 Å². The normalized spacial score (nSPS) is 18.0. The van der Waals surface area contributed by atoms with E-state index in [2.05, 4.69) is 55.4 Å². The van der Waals surface area contributed by atoms with Crippen LogP contribution in [0.1, 0.15) is 25.5 Å². The maximum Gasteiger partial charge on any atom is 0.293 e. The van der Waals surface area contributed by atoms with Crippen LogP contribution in [-0.4, -0.2) is 23.9 Å². The third-order valence-corrected chi connectivity index (χ3v) is 5.13. The van der Waals surface area contributed by atoms with Crippen LogP contribution < -0.4 is 0 Å². The lowest BCUT2D eigenvalue weighted by atomic mass is 10.0. The zero-order chi connectivity index (χ0) is 15.0. The summed E-state index contributed by atoms with van der Waals surface area (Å²) in [6.45, 7) is 5.87. The molecule has 20 heavy (non-hydrogen) atoms. The molecule has 1 aromatic carbocycles. The van der Waals surface area contributed by atoms with Gasteiger partial charge in [-0.05, 0) is 40.7 Å². The van der Waals surface area contributed by atoms with Gasteiger partial charge in [0, 0.05) is 32.8 Å².